The molecule has 4 rings (SSSR count). The monoisotopic (exact) mass is 424 g/mol. The van der Waals surface area contributed by atoms with Crippen molar-refractivity contribution >= 4 is 28.3 Å². The van der Waals surface area contributed by atoms with Crippen LogP contribution in [0.25, 0.3) is 11.0 Å². The zero-order valence-corrected chi connectivity index (χ0v) is 17.8. The Hall–Kier alpha value is -3.33. The first-order chi connectivity index (χ1) is 15.0. The van der Waals surface area contributed by atoms with Gasteiger partial charge in [0.15, 0.2) is 0 Å². The third-order valence-corrected chi connectivity index (χ3v) is 5.74. The number of fused-ring (bicyclic) bond motifs is 1. The molecule has 0 spiro atoms. The Morgan fingerprint density at radius 1 is 1.23 bits per heavy atom. The molecular formula is C22H27FN7O+. The van der Waals surface area contributed by atoms with Crippen molar-refractivity contribution in [3.63, 3.8) is 0 Å². The van der Waals surface area contributed by atoms with Crippen molar-refractivity contribution < 1.29 is 14.1 Å². The fraction of sp³-hybridized carbons (Fsp3) is 0.364. The van der Waals surface area contributed by atoms with E-state index in [1.165, 1.54) is 10.7 Å². The topological polar surface area (TPSA) is 79.9 Å². The second-order valence-electron chi connectivity index (χ2n) is 7.72. The summed E-state index contributed by atoms with van der Waals surface area (Å²) in [5.41, 5.74) is 5.80. The molecule has 1 aliphatic heterocycles. The van der Waals surface area contributed by atoms with Gasteiger partial charge in [0.25, 0.3) is 5.91 Å². The van der Waals surface area contributed by atoms with E-state index in [0.717, 1.165) is 43.8 Å². The van der Waals surface area contributed by atoms with Gasteiger partial charge in [-0.25, -0.2) is 14.5 Å². The van der Waals surface area contributed by atoms with Crippen molar-refractivity contribution in [1.82, 2.24) is 20.4 Å². The second-order valence-corrected chi connectivity index (χ2v) is 7.72. The molecule has 0 unspecified atom stereocenters. The number of rotatable bonds is 6. The zero-order chi connectivity index (χ0) is 21.8. The number of quaternary nitrogens is 1. The number of likely N-dealkylation sites (N-methyl/N-ethyl adjacent to an activating group) is 1. The summed E-state index contributed by atoms with van der Waals surface area (Å²) in [6.45, 7) is 8.74. The molecule has 3 aromatic rings. The molecule has 1 saturated heterocycles. The van der Waals surface area contributed by atoms with E-state index in [1.807, 2.05) is 30.3 Å². The van der Waals surface area contributed by atoms with E-state index in [0.29, 0.717) is 17.0 Å². The maximum Gasteiger partial charge on any atom is 0.261 e. The molecule has 1 amide bonds. The third-order valence-electron chi connectivity index (χ3n) is 5.74. The lowest BCUT2D eigenvalue weighted by Gasteiger charge is -2.33. The highest BCUT2D eigenvalue weighted by Gasteiger charge is 2.21. The number of benzene rings is 2. The highest BCUT2D eigenvalue weighted by molar-refractivity contribution is 5.99. The van der Waals surface area contributed by atoms with Gasteiger partial charge >= 0.3 is 0 Å². The number of hydrogen-bond donors (Lipinski definition) is 2. The molecular weight excluding hydrogens is 397 g/mol. The molecule has 0 atom stereocenters. The van der Waals surface area contributed by atoms with Gasteiger partial charge < -0.3 is 9.80 Å². The van der Waals surface area contributed by atoms with E-state index in [-0.39, 0.29) is 18.3 Å². The van der Waals surface area contributed by atoms with E-state index in [2.05, 4.69) is 32.7 Å². The number of carbonyl (C=O) groups excluding carboxylic acids is 1. The van der Waals surface area contributed by atoms with E-state index in [1.54, 1.807) is 17.9 Å². The van der Waals surface area contributed by atoms with Gasteiger partial charge in [-0.05, 0) is 38.1 Å². The summed E-state index contributed by atoms with van der Waals surface area (Å²) < 4.78 is 16.3. The number of hydrazone groups is 1. The third kappa shape index (κ3) is 4.72. The molecule has 1 aliphatic rings. The Morgan fingerprint density at radius 3 is 2.74 bits per heavy atom. The first-order valence-electron chi connectivity index (χ1n) is 10.5. The van der Waals surface area contributed by atoms with E-state index in [9.17, 15) is 9.18 Å². The highest BCUT2D eigenvalue weighted by Crippen LogP contribution is 2.21. The predicted molar refractivity (Wildman–Crippen MR) is 118 cm³/mol. The number of nitrogens with zero attached hydrogens (tertiary/aromatic N) is 5. The minimum atomic E-state index is -0.330. The largest absolute Gasteiger partial charge is 0.358 e. The molecule has 0 radical (unpaired) electrons. The van der Waals surface area contributed by atoms with Crippen molar-refractivity contribution in [1.29, 1.82) is 0 Å². The summed E-state index contributed by atoms with van der Waals surface area (Å²) in [7, 11) is 0. The van der Waals surface area contributed by atoms with Gasteiger partial charge in [-0.2, -0.15) is 5.10 Å². The number of anilines is 1. The molecule has 1 fully saturated rings. The summed E-state index contributed by atoms with van der Waals surface area (Å²) in [5.74, 6) is -0.601. The van der Waals surface area contributed by atoms with Crippen LogP contribution in [0.1, 0.15) is 19.4 Å². The first kappa shape index (κ1) is 20.9. The van der Waals surface area contributed by atoms with Crippen LogP contribution >= 0.6 is 0 Å². The van der Waals surface area contributed by atoms with Gasteiger partial charge in [-0.1, -0.05) is 23.4 Å². The van der Waals surface area contributed by atoms with Gasteiger partial charge in [-0.3, -0.25) is 4.79 Å². The predicted octanol–water partition coefficient (Wildman–Crippen LogP) is 0.836. The number of carbonyl (C=O) groups is 1. The number of nitrogens with one attached hydrogen (secondary N) is 2. The molecule has 0 bridgehead atoms. The molecule has 2 aromatic carbocycles. The summed E-state index contributed by atoms with van der Waals surface area (Å²) in [6, 6.07) is 12.5. The van der Waals surface area contributed by atoms with Crippen LogP contribution in [0.15, 0.2) is 47.6 Å². The molecule has 1 aromatic heterocycles. The SMILES string of the molecule is CC[NH+]1CCN(c2ccc(/C(C)=N\NC(=O)Cn3nnc4ccccc43)cc2F)CC1. The van der Waals surface area contributed by atoms with Crippen LogP contribution in [-0.4, -0.2) is 59.3 Å². The molecule has 0 aliphatic carbocycles. The number of aromatic nitrogens is 3. The maximum atomic E-state index is 14.8. The molecule has 31 heavy (non-hydrogen) atoms. The van der Waals surface area contributed by atoms with Crippen molar-refractivity contribution in [3.8, 4) is 0 Å². The van der Waals surface area contributed by atoms with Crippen LogP contribution in [-0.2, 0) is 11.3 Å². The van der Waals surface area contributed by atoms with Crippen LogP contribution in [0.2, 0.25) is 0 Å². The van der Waals surface area contributed by atoms with Gasteiger partial charge in [0.1, 0.15) is 17.9 Å². The fourth-order valence-corrected chi connectivity index (χ4v) is 3.82. The van der Waals surface area contributed by atoms with Crippen molar-refractivity contribution in [2.24, 2.45) is 5.10 Å². The smallest absolute Gasteiger partial charge is 0.261 e. The molecule has 2 heterocycles. The minimum absolute atomic E-state index is 0.00365. The maximum absolute atomic E-state index is 14.8. The average Bonchev–Trinajstić information content (AvgIpc) is 3.20. The van der Waals surface area contributed by atoms with E-state index in [4.69, 9.17) is 0 Å². The first-order valence-corrected chi connectivity index (χ1v) is 10.5. The van der Waals surface area contributed by atoms with Crippen LogP contribution in [0.4, 0.5) is 10.1 Å². The van der Waals surface area contributed by atoms with Gasteiger partial charge in [0.05, 0.1) is 49.6 Å². The van der Waals surface area contributed by atoms with Crippen molar-refractivity contribution in [2.45, 2.75) is 20.4 Å². The van der Waals surface area contributed by atoms with Crippen LogP contribution in [0.3, 0.4) is 0 Å². The summed E-state index contributed by atoms with van der Waals surface area (Å²) in [4.78, 5) is 15.9. The summed E-state index contributed by atoms with van der Waals surface area (Å²) >= 11 is 0. The Bertz CT molecular complexity index is 1100. The van der Waals surface area contributed by atoms with Gasteiger partial charge in [-0.15, -0.1) is 5.10 Å². The zero-order valence-electron chi connectivity index (χ0n) is 17.8. The average molecular weight is 425 g/mol. The Balaban J connectivity index is 1.39. The molecule has 162 valence electrons. The molecule has 8 nitrogen and oxygen atoms in total. The lowest BCUT2D eigenvalue weighted by atomic mass is 10.1. The molecule has 0 saturated carbocycles. The second kappa shape index (κ2) is 9.22. The number of halogens is 1. The Morgan fingerprint density at radius 2 is 2.00 bits per heavy atom. The number of amides is 1. The van der Waals surface area contributed by atoms with Crippen molar-refractivity contribution in [3.05, 3.63) is 53.8 Å². The summed E-state index contributed by atoms with van der Waals surface area (Å²) in [6.07, 6.45) is 0. The van der Waals surface area contributed by atoms with E-state index < -0.39 is 0 Å². The number of para-hydroxylation sites is 1. The van der Waals surface area contributed by atoms with Crippen LogP contribution in [0, 0.1) is 5.82 Å². The lowest BCUT2D eigenvalue weighted by molar-refractivity contribution is -0.898. The normalized spacial score (nSPS) is 15.5. The minimum Gasteiger partial charge on any atom is -0.358 e. The quantitative estimate of drug-likeness (QED) is 0.454. The van der Waals surface area contributed by atoms with Gasteiger partial charge in [0.2, 0.25) is 0 Å². The Labute approximate surface area is 180 Å². The van der Waals surface area contributed by atoms with Gasteiger partial charge in [0, 0.05) is 5.56 Å². The lowest BCUT2D eigenvalue weighted by Crippen LogP contribution is -3.14. The van der Waals surface area contributed by atoms with Crippen molar-refractivity contribution in [2.75, 3.05) is 37.6 Å². The standard InChI is InChI=1S/C22H26FN7O/c1-3-28-10-12-29(13-11-28)20-9-8-17(14-18(20)23)16(2)24-26-22(31)15-30-21-7-5-4-6-19(21)25-27-30/h4-9,14H,3,10-13,15H2,1-2H3,(H,26,31)/p+1/b24-16-. The summed E-state index contributed by atoms with van der Waals surface area (Å²) in [5, 5.41) is 12.2. The van der Waals surface area contributed by atoms with Crippen LogP contribution in [0.5, 0.6) is 0 Å². The van der Waals surface area contributed by atoms with E-state index >= 15 is 0 Å². The number of piperazine rings is 1. The Kier molecular flexibility index (Phi) is 6.22. The highest BCUT2D eigenvalue weighted by atomic mass is 19.1. The fourth-order valence-electron chi connectivity index (χ4n) is 3.82. The molecule has 9 heteroatoms. The van der Waals surface area contributed by atoms with Crippen LogP contribution < -0.4 is 15.2 Å². The number of hydrogen-bond acceptors (Lipinski definition) is 5. The molecule has 2 N–H and O–H groups in total.